The van der Waals surface area contributed by atoms with Gasteiger partial charge >= 0.3 is 0 Å². The molecule has 5 fully saturated rings. The zero-order valence-electron chi connectivity index (χ0n) is 18.7. The van der Waals surface area contributed by atoms with Crippen LogP contribution in [0.5, 0.6) is 0 Å². The minimum absolute atomic E-state index is 0.798. The number of rotatable bonds is 7. The fourth-order valence-electron chi connectivity index (χ4n) is 8.30. The first-order valence-electron chi connectivity index (χ1n) is 13.2. The van der Waals surface area contributed by atoms with Crippen molar-refractivity contribution in [2.75, 3.05) is 0 Å². The molecule has 0 aromatic heterocycles. The lowest BCUT2D eigenvalue weighted by Gasteiger charge is -2.58. The molecular weight excluding hydrogens is 324 g/mol. The second-order valence-corrected chi connectivity index (χ2v) is 11.6. The molecule has 2 bridgehead atoms. The zero-order valence-corrected chi connectivity index (χ0v) is 18.7. The van der Waals surface area contributed by atoms with Gasteiger partial charge in [-0.2, -0.15) is 0 Å². The molecule has 27 heavy (non-hydrogen) atoms. The fourth-order valence-corrected chi connectivity index (χ4v) is 8.30. The van der Waals surface area contributed by atoms with Gasteiger partial charge in [0.05, 0.1) is 0 Å². The predicted molar refractivity (Wildman–Crippen MR) is 118 cm³/mol. The zero-order chi connectivity index (χ0) is 18.7. The third kappa shape index (κ3) is 4.30. The molecule has 0 aliphatic heterocycles. The third-order valence-electron chi connectivity index (χ3n) is 10.5. The van der Waals surface area contributed by atoms with E-state index in [1.165, 1.54) is 25.7 Å². The normalized spacial score (nSPS) is 45.1. The van der Waals surface area contributed by atoms with Gasteiger partial charge in [0.25, 0.3) is 0 Å². The van der Waals surface area contributed by atoms with Gasteiger partial charge in [0.15, 0.2) is 0 Å². The maximum absolute atomic E-state index is 2.41. The van der Waals surface area contributed by atoms with Gasteiger partial charge in [-0.05, 0) is 118 Å². The summed E-state index contributed by atoms with van der Waals surface area (Å²) in [4.78, 5) is 0. The summed E-state index contributed by atoms with van der Waals surface area (Å²) in [6.07, 6.45) is 29.6. The van der Waals surface area contributed by atoms with E-state index in [1.54, 1.807) is 96.3 Å². The van der Waals surface area contributed by atoms with Crippen LogP contribution in [0.25, 0.3) is 0 Å². The average Bonchev–Trinajstić information content (AvgIpc) is 2.75. The molecule has 0 spiro atoms. The predicted octanol–water partition coefficient (Wildman–Crippen LogP) is 8.93. The van der Waals surface area contributed by atoms with E-state index in [9.17, 15) is 0 Å². The Kier molecular flexibility index (Phi) is 6.60. The second kappa shape index (κ2) is 8.79. The molecule has 0 radical (unpaired) electrons. The van der Waals surface area contributed by atoms with E-state index in [1.807, 2.05) is 0 Å². The molecule has 156 valence electrons. The molecule has 5 aliphatic rings. The molecule has 0 unspecified atom stereocenters. The summed E-state index contributed by atoms with van der Waals surface area (Å²) in [5, 5.41) is 0. The Balaban J connectivity index is 1.25. The fraction of sp³-hybridized carbons (Fsp3) is 1.00. The van der Waals surface area contributed by atoms with Crippen LogP contribution < -0.4 is 0 Å². The SMILES string of the molecule is CCCCCC12CCC(C3CCC(C4CCC(CC)CC4)CC3)(CC1)CC2. The molecule has 0 heterocycles. The second-order valence-electron chi connectivity index (χ2n) is 11.6. The number of unbranched alkanes of at least 4 members (excludes halogenated alkanes) is 2. The van der Waals surface area contributed by atoms with Crippen LogP contribution in [0, 0.1) is 34.5 Å². The van der Waals surface area contributed by atoms with Crippen LogP contribution in [-0.4, -0.2) is 0 Å². The van der Waals surface area contributed by atoms with Gasteiger partial charge in [-0.15, -0.1) is 0 Å². The Labute approximate surface area is 170 Å². The number of hydrogen-bond donors (Lipinski definition) is 0. The summed E-state index contributed by atoms with van der Waals surface area (Å²) >= 11 is 0. The van der Waals surface area contributed by atoms with Crippen molar-refractivity contribution in [3.63, 3.8) is 0 Å². The molecule has 0 saturated heterocycles. The van der Waals surface area contributed by atoms with Crippen LogP contribution in [0.4, 0.5) is 0 Å². The van der Waals surface area contributed by atoms with Crippen LogP contribution in [0.15, 0.2) is 0 Å². The van der Waals surface area contributed by atoms with Gasteiger partial charge in [0, 0.05) is 0 Å². The van der Waals surface area contributed by atoms with Crippen molar-refractivity contribution < 1.29 is 0 Å². The quantitative estimate of drug-likeness (QED) is 0.391. The topological polar surface area (TPSA) is 0 Å². The number of fused-ring (bicyclic) bond motifs is 3. The van der Waals surface area contributed by atoms with Crippen molar-refractivity contribution in [2.45, 2.75) is 136 Å². The Bertz CT molecular complexity index is 422. The molecule has 0 amide bonds. The van der Waals surface area contributed by atoms with Gasteiger partial charge in [-0.1, -0.05) is 52.4 Å². The Morgan fingerprint density at radius 2 is 1.19 bits per heavy atom. The van der Waals surface area contributed by atoms with Crippen LogP contribution in [0.2, 0.25) is 0 Å². The lowest BCUT2D eigenvalue weighted by Crippen LogP contribution is -2.46. The smallest absolute Gasteiger partial charge is 0.0269 e. The van der Waals surface area contributed by atoms with Crippen molar-refractivity contribution >= 4 is 0 Å². The van der Waals surface area contributed by atoms with Crippen LogP contribution in [-0.2, 0) is 0 Å². The highest BCUT2D eigenvalue weighted by molar-refractivity contribution is 5.03. The Morgan fingerprint density at radius 3 is 1.70 bits per heavy atom. The van der Waals surface area contributed by atoms with Crippen LogP contribution in [0.1, 0.15) is 136 Å². The van der Waals surface area contributed by atoms with Crippen molar-refractivity contribution in [1.29, 1.82) is 0 Å². The summed E-state index contributed by atoms with van der Waals surface area (Å²) in [7, 11) is 0. The lowest BCUT2D eigenvalue weighted by atomic mass is 9.47. The largest absolute Gasteiger partial charge is 0.0654 e. The van der Waals surface area contributed by atoms with Gasteiger partial charge in [0.2, 0.25) is 0 Å². The van der Waals surface area contributed by atoms with Gasteiger partial charge in [-0.25, -0.2) is 0 Å². The minimum Gasteiger partial charge on any atom is -0.0654 e. The van der Waals surface area contributed by atoms with Crippen molar-refractivity contribution in [2.24, 2.45) is 34.5 Å². The molecule has 0 aromatic carbocycles. The van der Waals surface area contributed by atoms with Crippen molar-refractivity contribution in [3.8, 4) is 0 Å². The molecule has 0 atom stereocenters. The molecule has 0 nitrogen and oxygen atoms in total. The molecule has 0 heteroatoms. The summed E-state index contributed by atoms with van der Waals surface area (Å²) in [6, 6.07) is 0. The third-order valence-corrected chi connectivity index (χ3v) is 10.5. The molecular formula is C27H48. The van der Waals surface area contributed by atoms with E-state index in [0.717, 1.165) is 34.5 Å². The summed E-state index contributed by atoms with van der Waals surface area (Å²) in [6.45, 7) is 4.76. The van der Waals surface area contributed by atoms with Crippen LogP contribution >= 0.6 is 0 Å². The monoisotopic (exact) mass is 372 g/mol. The van der Waals surface area contributed by atoms with Gasteiger partial charge in [0.1, 0.15) is 0 Å². The summed E-state index contributed by atoms with van der Waals surface area (Å²) < 4.78 is 0. The number of hydrogen-bond acceptors (Lipinski definition) is 0. The first-order chi connectivity index (χ1) is 13.2. The first-order valence-corrected chi connectivity index (χ1v) is 13.2. The highest BCUT2D eigenvalue weighted by atomic mass is 14.6. The van der Waals surface area contributed by atoms with E-state index < -0.39 is 0 Å². The average molecular weight is 373 g/mol. The summed E-state index contributed by atoms with van der Waals surface area (Å²) in [5.74, 6) is 4.39. The highest BCUT2D eigenvalue weighted by Gasteiger charge is 2.51. The van der Waals surface area contributed by atoms with E-state index in [2.05, 4.69) is 13.8 Å². The molecule has 5 aliphatic carbocycles. The van der Waals surface area contributed by atoms with Crippen molar-refractivity contribution in [3.05, 3.63) is 0 Å². The first kappa shape index (κ1) is 20.3. The van der Waals surface area contributed by atoms with Crippen LogP contribution in [0.3, 0.4) is 0 Å². The molecule has 0 aromatic rings. The maximum Gasteiger partial charge on any atom is -0.0269 e. The lowest BCUT2D eigenvalue weighted by molar-refractivity contribution is -0.0679. The maximum atomic E-state index is 2.41. The standard InChI is InChI=1S/C27H48/c1-3-5-6-15-26-16-19-27(20-17-26,21-18-26)25-13-11-24(12-14-25)23-9-7-22(4-2)8-10-23/h22-25H,3-21H2,1-2H3. The van der Waals surface area contributed by atoms with E-state index in [4.69, 9.17) is 0 Å². The molecule has 0 N–H and O–H groups in total. The van der Waals surface area contributed by atoms with E-state index in [0.29, 0.717) is 0 Å². The van der Waals surface area contributed by atoms with Gasteiger partial charge < -0.3 is 0 Å². The van der Waals surface area contributed by atoms with Crippen molar-refractivity contribution in [1.82, 2.24) is 0 Å². The molecule has 5 saturated carbocycles. The van der Waals surface area contributed by atoms with Gasteiger partial charge in [-0.3, -0.25) is 0 Å². The van der Waals surface area contributed by atoms with E-state index >= 15 is 0 Å². The molecule has 5 rings (SSSR count). The minimum atomic E-state index is 0.798. The Morgan fingerprint density at radius 1 is 0.630 bits per heavy atom. The van der Waals surface area contributed by atoms with E-state index in [-0.39, 0.29) is 0 Å². The summed E-state index contributed by atoms with van der Waals surface area (Å²) in [5.41, 5.74) is 1.60. The Hall–Kier alpha value is 0. The highest BCUT2D eigenvalue weighted by Crippen LogP contribution is 2.63.